The summed E-state index contributed by atoms with van der Waals surface area (Å²) in [5.41, 5.74) is 1.27. The normalized spacial score (nSPS) is 37.9. The van der Waals surface area contributed by atoms with Crippen LogP contribution < -0.4 is 0 Å². The molecule has 1 N–H and O–H groups in total. The number of fused-ring (bicyclic) bond motifs is 1. The maximum Gasteiger partial charge on any atom is 0.308 e. The zero-order valence-corrected chi connectivity index (χ0v) is 18.2. The summed E-state index contributed by atoms with van der Waals surface area (Å²) < 4.78 is 11.5. The lowest BCUT2D eigenvalue weighted by atomic mass is 9.65. The second kappa shape index (κ2) is 9.46. The van der Waals surface area contributed by atoms with E-state index >= 15 is 0 Å². The zero-order chi connectivity index (χ0) is 21.1. The Kier molecular flexibility index (Phi) is 7.20. The molecule has 1 fully saturated rings. The Morgan fingerprint density at radius 2 is 2.07 bits per heavy atom. The van der Waals surface area contributed by atoms with Gasteiger partial charge in [-0.3, -0.25) is 9.59 Å². The summed E-state index contributed by atoms with van der Waals surface area (Å²) in [6, 6.07) is 0. The van der Waals surface area contributed by atoms with Crippen LogP contribution in [-0.4, -0.2) is 35.4 Å². The summed E-state index contributed by atoms with van der Waals surface area (Å²) in [6.45, 7) is 8.33. The molecule has 162 valence electrons. The molecule has 29 heavy (non-hydrogen) atoms. The molecule has 0 radical (unpaired) electrons. The van der Waals surface area contributed by atoms with Gasteiger partial charge in [0.15, 0.2) is 0 Å². The van der Waals surface area contributed by atoms with Gasteiger partial charge in [-0.1, -0.05) is 45.9 Å². The van der Waals surface area contributed by atoms with Crippen LogP contribution in [0.15, 0.2) is 23.8 Å². The number of hydrogen-bond acceptors (Lipinski definition) is 5. The molecule has 1 saturated heterocycles. The van der Waals surface area contributed by atoms with Crippen LogP contribution >= 0.6 is 0 Å². The van der Waals surface area contributed by atoms with Gasteiger partial charge in [-0.15, -0.1) is 0 Å². The Morgan fingerprint density at radius 3 is 2.76 bits per heavy atom. The molecule has 0 aromatic rings. The lowest BCUT2D eigenvalue weighted by molar-refractivity contribution is -0.162. The van der Waals surface area contributed by atoms with E-state index in [1.165, 1.54) is 5.57 Å². The van der Waals surface area contributed by atoms with E-state index in [2.05, 4.69) is 32.1 Å². The molecule has 3 aliphatic rings. The Labute approximate surface area is 174 Å². The van der Waals surface area contributed by atoms with Crippen LogP contribution in [0.1, 0.15) is 66.2 Å². The summed E-state index contributed by atoms with van der Waals surface area (Å²) in [5, 5.41) is 9.89. The van der Waals surface area contributed by atoms with Crippen molar-refractivity contribution in [3.63, 3.8) is 0 Å². The van der Waals surface area contributed by atoms with Crippen molar-refractivity contribution in [1.82, 2.24) is 0 Å². The number of ether oxygens (including phenoxy) is 2. The van der Waals surface area contributed by atoms with Crippen molar-refractivity contribution < 1.29 is 24.2 Å². The van der Waals surface area contributed by atoms with Gasteiger partial charge >= 0.3 is 11.9 Å². The summed E-state index contributed by atoms with van der Waals surface area (Å²) in [5.74, 6) is 0.755. The van der Waals surface area contributed by atoms with E-state index in [0.29, 0.717) is 24.2 Å². The number of allylic oxidation sites excluding steroid dienone is 3. The van der Waals surface area contributed by atoms with Crippen LogP contribution in [0.4, 0.5) is 0 Å². The molecule has 0 aromatic carbocycles. The minimum atomic E-state index is -0.597. The fourth-order valence-electron chi connectivity index (χ4n) is 5.07. The van der Waals surface area contributed by atoms with Gasteiger partial charge in [0.25, 0.3) is 0 Å². The van der Waals surface area contributed by atoms with Gasteiger partial charge in [-0.05, 0) is 49.0 Å². The second-order valence-electron chi connectivity index (χ2n) is 9.36. The van der Waals surface area contributed by atoms with Crippen molar-refractivity contribution in [1.29, 1.82) is 0 Å². The van der Waals surface area contributed by atoms with Gasteiger partial charge < -0.3 is 14.6 Å². The standard InChI is InChI=1S/C24H36O5/c1-5-15(3)24(27)29-21-11-14(2)10-17-7-6-16(4)20(23(17)21)9-8-19-12-18(25)13-22(26)28-19/h6-7,10,14-16,18-21,23,25H,5,8-9,11-13H2,1-4H3/t14-,15?,16-,18+,19+,20?,21-,23-/m0/s1. The SMILES string of the molecule is CCC(C)C(=O)O[C@H]1C[C@@H](C)C=C2C=C[C@H](C)C(CC[C@@H]3C[C@@H](O)CC(=O)O3)[C@H]21. The number of esters is 2. The van der Waals surface area contributed by atoms with E-state index in [9.17, 15) is 14.7 Å². The highest BCUT2D eigenvalue weighted by Gasteiger charge is 2.42. The fourth-order valence-corrected chi connectivity index (χ4v) is 5.07. The van der Waals surface area contributed by atoms with Gasteiger partial charge in [0.2, 0.25) is 0 Å². The van der Waals surface area contributed by atoms with Crippen molar-refractivity contribution in [2.45, 2.75) is 84.5 Å². The number of hydrogen-bond donors (Lipinski definition) is 1. The number of carbonyl (C=O) groups excluding carboxylic acids is 2. The molecule has 0 amide bonds. The molecular weight excluding hydrogens is 368 g/mol. The summed E-state index contributed by atoms with van der Waals surface area (Å²) >= 11 is 0. The molecule has 8 atom stereocenters. The highest BCUT2D eigenvalue weighted by atomic mass is 16.5. The number of aliphatic hydroxyl groups is 1. The van der Waals surface area contributed by atoms with Crippen molar-refractivity contribution in [3.8, 4) is 0 Å². The van der Waals surface area contributed by atoms with Crippen LogP contribution in [0, 0.1) is 29.6 Å². The first-order valence-corrected chi connectivity index (χ1v) is 11.3. The molecule has 0 aromatic heterocycles. The third-order valence-electron chi connectivity index (χ3n) is 6.93. The van der Waals surface area contributed by atoms with E-state index in [4.69, 9.17) is 9.47 Å². The second-order valence-corrected chi connectivity index (χ2v) is 9.36. The fraction of sp³-hybridized carbons (Fsp3) is 0.750. The lowest BCUT2D eigenvalue weighted by Crippen LogP contribution is -2.42. The third-order valence-corrected chi connectivity index (χ3v) is 6.93. The van der Waals surface area contributed by atoms with Crippen molar-refractivity contribution in [2.75, 3.05) is 0 Å². The molecule has 1 aliphatic heterocycles. The predicted molar refractivity (Wildman–Crippen MR) is 111 cm³/mol. The van der Waals surface area contributed by atoms with E-state index in [1.807, 2.05) is 13.8 Å². The third kappa shape index (κ3) is 5.30. The molecule has 5 nitrogen and oxygen atoms in total. The number of rotatable bonds is 6. The smallest absolute Gasteiger partial charge is 0.308 e. The first-order valence-electron chi connectivity index (χ1n) is 11.3. The maximum atomic E-state index is 12.5. The number of carbonyl (C=O) groups is 2. The molecular formula is C24H36O5. The van der Waals surface area contributed by atoms with Gasteiger partial charge in [-0.25, -0.2) is 0 Å². The summed E-state index contributed by atoms with van der Waals surface area (Å²) in [4.78, 5) is 24.2. The average molecular weight is 405 g/mol. The first-order chi connectivity index (χ1) is 13.8. The lowest BCUT2D eigenvalue weighted by Gasteiger charge is -2.43. The van der Waals surface area contributed by atoms with Crippen LogP contribution in [0.25, 0.3) is 0 Å². The monoisotopic (exact) mass is 404 g/mol. The van der Waals surface area contributed by atoms with Crippen molar-refractivity contribution in [2.24, 2.45) is 29.6 Å². The minimum Gasteiger partial charge on any atom is -0.462 e. The van der Waals surface area contributed by atoms with E-state index < -0.39 is 6.10 Å². The number of cyclic esters (lactones) is 1. The van der Waals surface area contributed by atoms with Crippen molar-refractivity contribution >= 4 is 11.9 Å². The highest BCUT2D eigenvalue weighted by molar-refractivity contribution is 5.72. The topological polar surface area (TPSA) is 72.8 Å². The molecule has 2 unspecified atom stereocenters. The molecule has 3 rings (SSSR count). The molecule has 0 bridgehead atoms. The van der Waals surface area contributed by atoms with Crippen LogP contribution in [0.2, 0.25) is 0 Å². The Hall–Kier alpha value is -1.62. The minimum absolute atomic E-state index is 0.0854. The van der Waals surface area contributed by atoms with E-state index in [1.54, 1.807) is 0 Å². The number of aliphatic hydroxyl groups excluding tert-OH is 1. The Morgan fingerprint density at radius 1 is 1.31 bits per heavy atom. The van der Waals surface area contributed by atoms with Crippen molar-refractivity contribution in [3.05, 3.63) is 23.8 Å². The maximum absolute atomic E-state index is 12.5. The molecule has 1 heterocycles. The Bertz CT molecular complexity index is 666. The van der Waals surface area contributed by atoms with Crippen LogP contribution in [0.3, 0.4) is 0 Å². The molecule has 5 heteroatoms. The van der Waals surface area contributed by atoms with E-state index in [-0.39, 0.29) is 42.4 Å². The highest BCUT2D eigenvalue weighted by Crippen LogP contribution is 2.45. The summed E-state index contributed by atoms with van der Waals surface area (Å²) in [7, 11) is 0. The first kappa shape index (κ1) is 22.1. The molecule has 2 aliphatic carbocycles. The van der Waals surface area contributed by atoms with Gasteiger partial charge in [0.05, 0.1) is 18.4 Å². The molecule has 0 saturated carbocycles. The van der Waals surface area contributed by atoms with E-state index in [0.717, 1.165) is 25.7 Å². The van der Waals surface area contributed by atoms with Gasteiger partial charge in [0, 0.05) is 12.3 Å². The van der Waals surface area contributed by atoms with Gasteiger partial charge in [0.1, 0.15) is 12.2 Å². The average Bonchev–Trinajstić information content (AvgIpc) is 2.65. The zero-order valence-electron chi connectivity index (χ0n) is 18.2. The molecule has 0 spiro atoms. The summed E-state index contributed by atoms with van der Waals surface area (Å²) in [6.07, 6.45) is 9.70. The quantitative estimate of drug-likeness (QED) is 0.672. The van der Waals surface area contributed by atoms with Gasteiger partial charge in [-0.2, -0.15) is 0 Å². The van der Waals surface area contributed by atoms with Crippen LogP contribution in [-0.2, 0) is 19.1 Å². The largest absolute Gasteiger partial charge is 0.462 e. The Balaban J connectivity index is 1.74. The van der Waals surface area contributed by atoms with Crippen LogP contribution in [0.5, 0.6) is 0 Å². The predicted octanol–water partition coefficient (Wildman–Crippen LogP) is 4.20.